The molecule has 0 atom stereocenters. The van der Waals surface area contributed by atoms with Gasteiger partial charge in [-0.15, -0.1) is 0 Å². The molecule has 0 saturated heterocycles. The van der Waals surface area contributed by atoms with Crippen molar-refractivity contribution < 1.29 is 9.90 Å². The van der Waals surface area contributed by atoms with Gasteiger partial charge in [-0.25, -0.2) is 0 Å². The zero-order chi connectivity index (χ0) is 14.5. The molecule has 3 N–H and O–H groups in total. The number of nitrogen functional groups attached to an aromatic ring is 1. The van der Waals surface area contributed by atoms with E-state index in [0.717, 1.165) is 18.5 Å². The number of carbonyl (C=O) groups is 1. The Bertz CT molecular complexity index is 443. The Morgan fingerprint density at radius 1 is 1.35 bits per heavy atom. The van der Waals surface area contributed by atoms with Crippen molar-refractivity contribution in [2.24, 2.45) is 0 Å². The van der Waals surface area contributed by atoms with Crippen LogP contribution in [0.15, 0.2) is 24.3 Å². The van der Waals surface area contributed by atoms with Crippen LogP contribution in [0.3, 0.4) is 0 Å². The van der Waals surface area contributed by atoms with Gasteiger partial charge in [0.15, 0.2) is 0 Å². The maximum absolute atomic E-state index is 12.3. The fourth-order valence-corrected chi connectivity index (χ4v) is 2.39. The zero-order valence-corrected chi connectivity index (χ0v) is 12.0. The molecule has 1 aromatic rings. The largest absolute Gasteiger partial charge is 0.399 e. The summed E-state index contributed by atoms with van der Waals surface area (Å²) in [5, 5.41) is 9.12. The molecule has 0 aromatic heterocycles. The van der Waals surface area contributed by atoms with Gasteiger partial charge in [-0.2, -0.15) is 0 Å². The summed E-state index contributed by atoms with van der Waals surface area (Å²) >= 11 is 0. The van der Waals surface area contributed by atoms with Gasteiger partial charge in [0.25, 0.3) is 0 Å². The minimum atomic E-state index is 0.0371. The molecule has 1 amide bonds. The first kappa shape index (κ1) is 14.8. The van der Waals surface area contributed by atoms with Crippen LogP contribution in [0.5, 0.6) is 0 Å². The molecule has 5 nitrogen and oxygen atoms in total. The number of aliphatic hydroxyl groups is 1. The molecule has 0 unspecified atom stereocenters. The number of nitrogens with two attached hydrogens (primary N) is 1. The van der Waals surface area contributed by atoms with Gasteiger partial charge in [-0.05, 0) is 37.1 Å². The van der Waals surface area contributed by atoms with Crippen LogP contribution in [0.4, 0.5) is 11.4 Å². The van der Waals surface area contributed by atoms with Crippen LogP contribution in [-0.2, 0) is 4.79 Å². The second-order valence-corrected chi connectivity index (χ2v) is 5.32. The van der Waals surface area contributed by atoms with Gasteiger partial charge < -0.3 is 15.7 Å². The number of likely N-dealkylation sites (N-methyl/N-ethyl adjacent to an activating group) is 1. The lowest BCUT2D eigenvalue weighted by Gasteiger charge is -2.37. The molecule has 1 fully saturated rings. The van der Waals surface area contributed by atoms with E-state index < -0.39 is 0 Å². The van der Waals surface area contributed by atoms with Crippen LogP contribution in [0.2, 0.25) is 0 Å². The predicted octanol–water partition coefficient (Wildman–Crippen LogP) is 1.08. The number of aliphatic hydroxyl groups excluding tert-OH is 1. The summed E-state index contributed by atoms with van der Waals surface area (Å²) in [5.74, 6) is 0.0371. The van der Waals surface area contributed by atoms with Gasteiger partial charge in [0.05, 0.1) is 13.2 Å². The number of hydrogen-bond acceptors (Lipinski definition) is 4. The van der Waals surface area contributed by atoms with E-state index in [1.165, 1.54) is 6.42 Å². The normalized spacial score (nSPS) is 15.2. The molecular weight excluding hydrogens is 254 g/mol. The molecule has 1 aliphatic carbocycles. The van der Waals surface area contributed by atoms with E-state index in [-0.39, 0.29) is 12.5 Å². The smallest absolute Gasteiger partial charge is 0.240 e. The summed E-state index contributed by atoms with van der Waals surface area (Å²) in [4.78, 5) is 16.1. The van der Waals surface area contributed by atoms with E-state index in [9.17, 15) is 4.79 Å². The topological polar surface area (TPSA) is 69.8 Å². The third-order valence-corrected chi connectivity index (χ3v) is 3.97. The van der Waals surface area contributed by atoms with Crippen LogP contribution in [0.25, 0.3) is 0 Å². The molecule has 1 saturated carbocycles. The predicted molar refractivity (Wildman–Crippen MR) is 80.6 cm³/mol. The Kier molecular flexibility index (Phi) is 4.98. The number of rotatable bonds is 6. The lowest BCUT2D eigenvalue weighted by Crippen LogP contribution is -2.47. The summed E-state index contributed by atoms with van der Waals surface area (Å²) < 4.78 is 0. The van der Waals surface area contributed by atoms with Crippen molar-refractivity contribution in [2.75, 3.05) is 37.4 Å². The molecule has 1 aliphatic rings. The fraction of sp³-hybridized carbons (Fsp3) is 0.533. The molecule has 0 aliphatic heterocycles. The maximum atomic E-state index is 12.3. The van der Waals surface area contributed by atoms with Crippen LogP contribution >= 0.6 is 0 Å². The number of nitrogens with zero attached hydrogens (tertiary/aromatic N) is 2. The summed E-state index contributed by atoms with van der Waals surface area (Å²) in [6.45, 7) is 1.01. The highest BCUT2D eigenvalue weighted by Crippen LogP contribution is 2.24. The first-order valence-corrected chi connectivity index (χ1v) is 7.09. The summed E-state index contributed by atoms with van der Waals surface area (Å²) in [6, 6.07) is 7.71. The van der Waals surface area contributed by atoms with Crippen molar-refractivity contribution in [1.29, 1.82) is 0 Å². The van der Waals surface area contributed by atoms with Gasteiger partial charge in [0.2, 0.25) is 5.91 Å². The Morgan fingerprint density at radius 2 is 2.00 bits per heavy atom. The molecule has 0 spiro atoms. The van der Waals surface area contributed by atoms with E-state index in [1.807, 2.05) is 12.1 Å². The average Bonchev–Trinajstić information content (AvgIpc) is 2.37. The van der Waals surface area contributed by atoms with Crippen LogP contribution in [0.1, 0.15) is 19.3 Å². The monoisotopic (exact) mass is 277 g/mol. The third-order valence-electron chi connectivity index (χ3n) is 3.97. The van der Waals surface area contributed by atoms with Crippen molar-refractivity contribution in [3.63, 3.8) is 0 Å². The molecular formula is C15H23N3O2. The SMILES string of the molecule is CN(C(=O)CN(CCO)C1CCC1)c1ccc(N)cc1. The van der Waals surface area contributed by atoms with Gasteiger partial charge >= 0.3 is 0 Å². The van der Waals surface area contributed by atoms with Crippen LogP contribution in [0, 0.1) is 0 Å². The third kappa shape index (κ3) is 3.49. The van der Waals surface area contributed by atoms with Gasteiger partial charge in [-0.1, -0.05) is 6.42 Å². The number of benzene rings is 1. The molecule has 0 heterocycles. The lowest BCUT2D eigenvalue weighted by atomic mass is 9.91. The van der Waals surface area contributed by atoms with Crippen molar-refractivity contribution >= 4 is 17.3 Å². The van der Waals surface area contributed by atoms with E-state index in [1.54, 1.807) is 24.1 Å². The molecule has 5 heteroatoms. The minimum absolute atomic E-state index is 0.0371. The average molecular weight is 277 g/mol. The Balaban J connectivity index is 1.96. The molecule has 2 rings (SSSR count). The van der Waals surface area contributed by atoms with Crippen molar-refractivity contribution in [3.8, 4) is 0 Å². The van der Waals surface area contributed by atoms with Crippen LogP contribution < -0.4 is 10.6 Å². The van der Waals surface area contributed by atoms with Crippen molar-refractivity contribution in [1.82, 2.24) is 4.90 Å². The Morgan fingerprint density at radius 3 is 2.50 bits per heavy atom. The first-order chi connectivity index (χ1) is 9.61. The number of hydrogen-bond donors (Lipinski definition) is 2. The van der Waals surface area contributed by atoms with Crippen molar-refractivity contribution in [3.05, 3.63) is 24.3 Å². The zero-order valence-electron chi connectivity index (χ0n) is 12.0. The van der Waals surface area contributed by atoms with E-state index in [0.29, 0.717) is 24.8 Å². The summed E-state index contributed by atoms with van der Waals surface area (Å²) in [5.41, 5.74) is 7.17. The second kappa shape index (κ2) is 6.72. The highest BCUT2D eigenvalue weighted by molar-refractivity contribution is 5.94. The number of anilines is 2. The van der Waals surface area contributed by atoms with E-state index in [2.05, 4.69) is 4.90 Å². The molecule has 0 radical (unpaired) electrons. The standard InChI is InChI=1S/C15H23N3O2/c1-17(13-7-5-12(16)6-8-13)15(20)11-18(9-10-19)14-3-2-4-14/h5-8,14,19H,2-4,9-11,16H2,1H3. The van der Waals surface area contributed by atoms with Gasteiger partial charge in [0.1, 0.15) is 0 Å². The Hall–Kier alpha value is -1.59. The molecule has 110 valence electrons. The summed E-state index contributed by atoms with van der Waals surface area (Å²) in [7, 11) is 1.77. The minimum Gasteiger partial charge on any atom is -0.399 e. The van der Waals surface area contributed by atoms with E-state index in [4.69, 9.17) is 10.8 Å². The molecule has 0 bridgehead atoms. The molecule has 1 aromatic carbocycles. The van der Waals surface area contributed by atoms with Gasteiger partial charge in [0, 0.05) is 31.0 Å². The molecule has 20 heavy (non-hydrogen) atoms. The highest BCUT2D eigenvalue weighted by Gasteiger charge is 2.27. The number of carbonyl (C=O) groups excluding carboxylic acids is 1. The fourth-order valence-electron chi connectivity index (χ4n) is 2.39. The number of amides is 1. The lowest BCUT2D eigenvalue weighted by molar-refractivity contribution is -0.120. The quantitative estimate of drug-likeness (QED) is 0.763. The van der Waals surface area contributed by atoms with Gasteiger partial charge in [-0.3, -0.25) is 9.69 Å². The van der Waals surface area contributed by atoms with Crippen LogP contribution in [-0.4, -0.2) is 48.7 Å². The summed E-state index contributed by atoms with van der Waals surface area (Å²) in [6.07, 6.45) is 3.46. The van der Waals surface area contributed by atoms with Crippen molar-refractivity contribution in [2.45, 2.75) is 25.3 Å². The highest BCUT2D eigenvalue weighted by atomic mass is 16.3. The first-order valence-electron chi connectivity index (χ1n) is 7.09. The second-order valence-electron chi connectivity index (χ2n) is 5.32. The maximum Gasteiger partial charge on any atom is 0.240 e. The Labute approximate surface area is 120 Å². The van der Waals surface area contributed by atoms with E-state index >= 15 is 0 Å².